The summed E-state index contributed by atoms with van der Waals surface area (Å²) in [6.45, 7) is 8.83. The Kier molecular flexibility index (Phi) is 6.95. The van der Waals surface area contributed by atoms with E-state index in [1.165, 1.54) is 0 Å². The molecule has 0 saturated carbocycles. The average molecular weight is 298 g/mol. The maximum atomic E-state index is 5.01. The molecule has 114 valence electrons. The minimum absolute atomic E-state index is 0.114. The highest BCUT2D eigenvalue weighted by Crippen LogP contribution is 2.25. The van der Waals surface area contributed by atoms with Crippen molar-refractivity contribution >= 4 is 17.3 Å². The van der Waals surface area contributed by atoms with E-state index in [9.17, 15) is 0 Å². The number of ether oxygens (including phenoxy) is 1. The molecule has 0 saturated heterocycles. The summed E-state index contributed by atoms with van der Waals surface area (Å²) in [5.74, 6) is 0.798. The van der Waals surface area contributed by atoms with Crippen LogP contribution in [-0.4, -0.2) is 38.3 Å². The Balaban J connectivity index is 2.39. The highest BCUT2D eigenvalue weighted by molar-refractivity contribution is 7.09. The van der Waals surface area contributed by atoms with E-state index in [4.69, 9.17) is 4.74 Å². The fraction of sp³-hybridized carbons (Fsp3) is 0.714. The number of aliphatic imine (C=N–C) groups is 1. The number of hydrogen-bond acceptors (Lipinski definition) is 4. The van der Waals surface area contributed by atoms with E-state index in [0.717, 1.165) is 36.2 Å². The Morgan fingerprint density at radius 1 is 1.40 bits per heavy atom. The van der Waals surface area contributed by atoms with Crippen molar-refractivity contribution in [1.29, 1.82) is 0 Å². The molecule has 1 aromatic heterocycles. The van der Waals surface area contributed by atoms with Crippen molar-refractivity contribution in [2.45, 2.75) is 39.2 Å². The molecule has 2 N–H and O–H groups in total. The Morgan fingerprint density at radius 2 is 2.15 bits per heavy atom. The first-order chi connectivity index (χ1) is 9.47. The summed E-state index contributed by atoms with van der Waals surface area (Å²) in [6.07, 6.45) is 0.960. The number of rotatable bonds is 6. The van der Waals surface area contributed by atoms with Gasteiger partial charge in [-0.3, -0.25) is 4.99 Å². The van der Waals surface area contributed by atoms with Crippen LogP contribution in [0.2, 0.25) is 0 Å². The fourth-order valence-corrected chi connectivity index (χ4v) is 2.46. The van der Waals surface area contributed by atoms with Gasteiger partial charge in [-0.1, -0.05) is 20.8 Å². The van der Waals surface area contributed by atoms with Crippen LogP contribution in [0.4, 0.5) is 0 Å². The lowest BCUT2D eigenvalue weighted by Crippen LogP contribution is -2.37. The molecule has 0 radical (unpaired) electrons. The van der Waals surface area contributed by atoms with Gasteiger partial charge in [0.05, 0.1) is 17.2 Å². The molecule has 0 aliphatic carbocycles. The number of thiazole rings is 1. The van der Waals surface area contributed by atoms with Gasteiger partial charge < -0.3 is 15.4 Å². The van der Waals surface area contributed by atoms with Crippen molar-refractivity contribution in [3.05, 3.63) is 16.1 Å². The molecule has 0 spiro atoms. The first-order valence-corrected chi connectivity index (χ1v) is 7.73. The maximum Gasteiger partial charge on any atom is 0.191 e. The van der Waals surface area contributed by atoms with Crippen molar-refractivity contribution in [1.82, 2.24) is 15.6 Å². The second kappa shape index (κ2) is 8.21. The second-order valence-corrected chi connectivity index (χ2v) is 6.45. The first kappa shape index (κ1) is 16.9. The van der Waals surface area contributed by atoms with Gasteiger partial charge in [-0.15, -0.1) is 11.3 Å². The van der Waals surface area contributed by atoms with Crippen molar-refractivity contribution < 1.29 is 4.74 Å². The minimum atomic E-state index is 0.114. The first-order valence-electron chi connectivity index (χ1n) is 6.85. The van der Waals surface area contributed by atoms with Gasteiger partial charge in [0.25, 0.3) is 0 Å². The third-order valence-electron chi connectivity index (χ3n) is 2.67. The molecule has 0 aromatic carbocycles. The van der Waals surface area contributed by atoms with E-state index >= 15 is 0 Å². The zero-order chi connectivity index (χ0) is 15.0. The molecule has 6 heteroatoms. The summed E-state index contributed by atoms with van der Waals surface area (Å²) in [4.78, 5) is 8.84. The molecular formula is C14H26N4OS. The van der Waals surface area contributed by atoms with Gasteiger partial charge in [0.2, 0.25) is 0 Å². The van der Waals surface area contributed by atoms with E-state index in [2.05, 4.69) is 46.8 Å². The van der Waals surface area contributed by atoms with E-state index in [1.807, 2.05) is 0 Å². The lowest BCUT2D eigenvalue weighted by atomic mass is 9.98. The monoisotopic (exact) mass is 298 g/mol. The molecule has 0 aliphatic heterocycles. The summed E-state index contributed by atoms with van der Waals surface area (Å²) in [5.41, 5.74) is 1.17. The number of nitrogens with zero attached hydrogens (tertiary/aromatic N) is 2. The van der Waals surface area contributed by atoms with Crippen molar-refractivity contribution in [2.24, 2.45) is 4.99 Å². The SMILES string of the molecule is CN=C(NCCCOC)NCc1csc(C(C)(C)C)n1. The van der Waals surface area contributed by atoms with E-state index < -0.39 is 0 Å². The number of aromatic nitrogens is 1. The van der Waals surface area contributed by atoms with Crippen LogP contribution >= 0.6 is 11.3 Å². The van der Waals surface area contributed by atoms with Gasteiger partial charge in [0.15, 0.2) is 5.96 Å². The van der Waals surface area contributed by atoms with Crippen LogP contribution in [0.1, 0.15) is 37.9 Å². The van der Waals surface area contributed by atoms with Crippen LogP contribution < -0.4 is 10.6 Å². The van der Waals surface area contributed by atoms with Gasteiger partial charge in [-0.05, 0) is 6.42 Å². The summed E-state index contributed by atoms with van der Waals surface area (Å²) < 4.78 is 5.01. The molecule has 1 heterocycles. The minimum Gasteiger partial charge on any atom is -0.385 e. The van der Waals surface area contributed by atoms with Crippen LogP contribution in [0.25, 0.3) is 0 Å². The molecule has 1 rings (SSSR count). The molecule has 20 heavy (non-hydrogen) atoms. The van der Waals surface area contributed by atoms with E-state index in [0.29, 0.717) is 6.54 Å². The molecule has 0 bridgehead atoms. The topological polar surface area (TPSA) is 58.5 Å². The predicted octanol–water partition coefficient (Wildman–Crippen LogP) is 2.14. The van der Waals surface area contributed by atoms with Gasteiger partial charge >= 0.3 is 0 Å². The quantitative estimate of drug-likeness (QED) is 0.480. The Morgan fingerprint density at radius 3 is 2.70 bits per heavy atom. The molecular weight excluding hydrogens is 272 g/mol. The second-order valence-electron chi connectivity index (χ2n) is 5.59. The summed E-state index contributed by atoms with van der Waals surface area (Å²) in [6, 6.07) is 0. The Labute approximate surface area is 125 Å². The molecule has 0 atom stereocenters. The lowest BCUT2D eigenvalue weighted by molar-refractivity contribution is 0.195. The highest BCUT2D eigenvalue weighted by Gasteiger charge is 2.17. The third kappa shape index (κ3) is 5.88. The third-order valence-corrected chi connectivity index (χ3v) is 3.99. The van der Waals surface area contributed by atoms with Crippen LogP contribution in [0.15, 0.2) is 10.4 Å². The zero-order valence-corrected chi connectivity index (χ0v) is 13.9. The fourth-order valence-electron chi connectivity index (χ4n) is 1.55. The number of methoxy groups -OCH3 is 1. The predicted molar refractivity (Wildman–Crippen MR) is 85.5 cm³/mol. The summed E-state index contributed by atoms with van der Waals surface area (Å²) >= 11 is 1.71. The van der Waals surface area contributed by atoms with E-state index in [1.54, 1.807) is 25.5 Å². The van der Waals surface area contributed by atoms with Crippen molar-refractivity contribution in [3.8, 4) is 0 Å². The molecule has 0 unspecified atom stereocenters. The normalized spacial score (nSPS) is 12.6. The Hall–Kier alpha value is -1.14. The number of guanidine groups is 1. The van der Waals surface area contributed by atoms with Crippen LogP contribution in [0, 0.1) is 0 Å². The standard InChI is InChI=1S/C14H26N4OS/c1-14(2,3)12-18-11(10-20-12)9-17-13(15-4)16-7-6-8-19-5/h10H,6-9H2,1-5H3,(H2,15,16,17). The molecule has 5 nitrogen and oxygen atoms in total. The van der Waals surface area contributed by atoms with Gasteiger partial charge in [-0.25, -0.2) is 4.98 Å². The van der Waals surface area contributed by atoms with Crippen LogP contribution in [0.5, 0.6) is 0 Å². The molecule has 1 aromatic rings. The van der Waals surface area contributed by atoms with Gasteiger partial charge in [0, 0.05) is 38.1 Å². The largest absolute Gasteiger partial charge is 0.385 e. The maximum absolute atomic E-state index is 5.01. The summed E-state index contributed by atoms with van der Waals surface area (Å²) in [7, 11) is 3.48. The Bertz CT molecular complexity index is 423. The van der Waals surface area contributed by atoms with Crippen LogP contribution in [-0.2, 0) is 16.7 Å². The lowest BCUT2D eigenvalue weighted by Gasteiger charge is -2.14. The smallest absolute Gasteiger partial charge is 0.191 e. The van der Waals surface area contributed by atoms with Crippen LogP contribution in [0.3, 0.4) is 0 Å². The molecule has 0 fully saturated rings. The number of hydrogen-bond donors (Lipinski definition) is 2. The van der Waals surface area contributed by atoms with Gasteiger partial charge in [0.1, 0.15) is 0 Å². The highest BCUT2D eigenvalue weighted by atomic mass is 32.1. The average Bonchev–Trinajstić information content (AvgIpc) is 2.87. The van der Waals surface area contributed by atoms with Gasteiger partial charge in [-0.2, -0.15) is 0 Å². The molecule has 0 amide bonds. The van der Waals surface area contributed by atoms with Crippen molar-refractivity contribution in [2.75, 3.05) is 27.3 Å². The summed E-state index contributed by atoms with van der Waals surface area (Å²) in [5, 5.41) is 9.78. The molecule has 0 aliphatic rings. The van der Waals surface area contributed by atoms with Crippen molar-refractivity contribution in [3.63, 3.8) is 0 Å². The zero-order valence-electron chi connectivity index (χ0n) is 13.1. The van der Waals surface area contributed by atoms with E-state index in [-0.39, 0.29) is 5.41 Å². The number of nitrogens with one attached hydrogen (secondary N) is 2.